The van der Waals surface area contributed by atoms with Gasteiger partial charge in [0.1, 0.15) is 5.82 Å². The molecule has 1 saturated heterocycles. The van der Waals surface area contributed by atoms with E-state index in [4.69, 9.17) is 11.6 Å². The molecule has 0 aromatic carbocycles. The summed E-state index contributed by atoms with van der Waals surface area (Å²) in [5.41, 5.74) is 1.66. The van der Waals surface area contributed by atoms with Crippen LogP contribution in [0.15, 0.2) is 55.2 Å². The molecule has 0 unspecified atom stereocenters. The molecule has 3 aromatic rings. The van der Waals surface area contributed by atoms with Crippen LogP contribution in [0.5, 0.6) is 0 Å². The zero-order chi connectivity index (χ0) is 20.8. The number of aromatic nitrogens is 4. The van der Waals surface area contributed by atoms with Crippen molar-refractivity contribution in [1.82, 2.24) is 19.9 Å². The third-order valence-electron chi connectivity index (χ3n) is 5.10. The van der Waals surface area contributed by atoms with Crippen LogP contribution >= 0.6 is 11.6 Å². The van der Waals surface area contributed by atoms with E-state index < -0.39 is 0 Å². The third kappa shape index (κ3) is 5.01. The predicted octanol–water partition coefficient (Wildman–Crippen LogP) is 3.50. The van der Waals surface area contributed by atoms with Crippen LogP contribution in [0.1, 0.15) is 23.2 Å². The Morgan fingerprint density at radius 2 is 1.80 bits per heavy atom. The fraction of sp³-hybridized carbons (Fsp3) is 0.286. The number of carbonyl (C=O) groups excluding carboxylic acids is 1. The van der Waals surface area contributed by atoms with Crippen LogP contribution in [0.25, 0.3) is 0 Å². The molecule has 8 nitrogen and oxygen atoms in total. The second-order valence-electron chi connectivity index (χ2n) is 7.10. The van der Waals surface area contributed by atoms with E-state index in [9.17, 15) is 4.79 Å². The Hall–Kier alpha value is -3.26. The number of hydrogen-bond donors (Lipinski definition) is 2. The molecule has 1 aliphatic rings. The van der Waals surface area contributed by atoms with Gasteiger partial charge in [-0.1, -0.05) is 11.6 Å². The summed E-state index contributed by atoms with van der Waals surface area (Å²) >= 11 is 5.79. The second kappa shape index (κ2) is 9.49. The molecule has 0 bridgehead atoms. The zero-order valence-electron chi connectivity index (χ0n) is 16.3. The van der Waals surface area contributed by atoms with Gasteiger partial charge in [-0.2, -0.15) is 0 Å². The maximum absolute atomic E-state index is 12.7. The van der Waals surface area contributed by atoms with Crippen LogP contribution in [-0.2, 0) is 0 Å². The number of carbonyl (C=O) groups is 1. The molecule has 4 rings (SSSR count). The topological polar surface area (TPSA) is 95.9 Å². The molecule has 0 saturated carbocycles. The fourth-order valence-corrected chi connectivity index (χ4v) is 3.56. The van der Waals surface area contributed by atoms with Crippen LogP contribution in [0.4, 0.5) is 17.5 Å². The first-order valence-electron chi connectivity index (χ1n) is 9.82. The van der Waals surface area contributed by atoms with Crippen molar-refractivity contribution < 1.29 is 4.79 Å². The number of anilines is 3. The number of nitrogens with one attached hydrogen (secondary N) is 2. The first-order valence-corrected chi connectivity index (χ1v) is 10.2. The molecule has 0 aliphatic carbocycles. The smallest absolute Gasteiger partial charge is 0.261 e. The highest BCUT2D eigenvalue weighted by atomic mass is 35.5. The van der Waals surface area contributed by atoms with Crippen molar-refractivity contribution in [2.75, 3.05) is 35.2 Å². The number of hydrogen-bond acceptors (Lipinski definition) is 7. The van der Waals surface area contributed by atoms with Gasteiger partial charge >= 0.3 is 0 Å². The van der Waals surface area contributed by atoms with Crippen LogP contribution in [0, 0.1) is 5.92 Å². The van der Waals surface area contributed by atoms with E-state index >= 15 is 0 Å². The molecule has 1 fully saturated rings. The largest absolute Gasteiger partial charge is 0.371 e. The Morgan fingerprint density at radius 3 is 2.53 bits per heavy atom. The number of halogens is 1. The molecule has 30 heavy (non-hydrogen) atoms. The van der Waals surface area contributed by atoms with Crippen molar-refractivity contribution in [3.05, 3.63) is 65.8 Å². The van der Waals surface area contributed by atoms with Gasteiger partial charge in [-0.15, -0.1) is 0 Å². The van der Waals surface area contributed by atoms with Gasteiger partial charge in [-0.05, 0) is 43.0 Å². The highest BCUT2D eigenvalue weighted by Crippen LogP contribution is 2.23. The Bertz CT molecular complexity index is 976. The summed E-state index contributed by atoms with van der Waals surface area (Å²) in [5.74, 6) is 0.948. The Morgan fingerprint density at radius 1 is 1.07 bits per heavy atom. The van der Waals surface area contributed by atoms with Crippen LogP contribution < -0.4 is 15.5 Å². The van der Waals surface area contributed by atoms with E-state index in [1.165, 1.54) is 18.1 Å². The van der Waals surface area contributed by atoms with Crippen LogP contribution in [0.2, 0.25) is 5.02 Å². The second-order valence-corrected chi connectivity index (χ2v) is 7.53. The van der Waals surface area contributed by atoms with Crippen molar-refractivity contribution in [3.8, 4) is 0 Å². The average Bonchev–Trinajstić information content (AvgIpc) is 2.80. The van der Waals surface area contributed by atoms with Crippen molar-refractivity contribution in [2.24, 2.45) is 5.92 Å². The number of amides is 1. The summed E-state index contributed by atoms with van der Waals surface area (Å²) in [6.45, 7) is 2.76. The Kier molecular flexibility index (Phi) is 6.34. The minimum absolute atomic E-state index is 0.197. The zero-order valence-corrected chi connectivity index (χ0v) is 17.1. The van der Waals surface area contributed by atoms with Gasteiger partial charge in [0.2, 0.25) is 5.95 Å². The van der Waals surface area contributed by atoms with E-state index in [-0.39, 0.29) is 11.9 Å². The number of nitrogens with zero attached hydrogens (tertiary/aromatic N) is 5. The van der Waals surface area contributed by atoms with Crippen molar-refractivity contribution in [2.45, 2.75) is 12.8 Å². The first kappa shape index (κ1) is 20.0. The highest BCUT2D eigenvalue weighted by molar-refractivity contribution is 6.30. The average molecular weight is 424 g/mol. The summed E-state index contributed by atoms with van der Waals surface area (Å²) in [6.07, 6.45) is 10.3. The summed E-state index contributed by atoms with van der Waals surface area (Å²) < 4.78 is 0. The van der Waals surface area contributed by atoms with E-state index in [0.29, 0.717) is 22.3 Å². The van der Waals surface area contributed by atoms with Gasteiger partial charge in [0, 0.05) is 43.9 Å². The lowest BCUT2D eigenvalue weighted by Crippen LogP contribution is -2.36. The molecule has 2 N–H and O–H groups in total. The normalized spacial score (nSPS) is 14.4. The lowest BCUT2D eigenvalue weighted by Gasteiger charge is -2.33. The van der Waals surface area contributed by atoms with Crippen molar-refractivity contribution >= 4 is 35.0 Å². The molecule has 154 valence electrons. The van der Waals surface area contributed by atoms with Crippen molar-refractivity contribution in [1.29, 1.82) is 0 Å². The monoisotopic (exact) mass is 423 g/mol. The molecule has 1 aliphatic heterocycles. The van der Waals surface area contributed by atoms with Gasteiger partial charge in [-0.25, -0.2) is 15.0 Å². The van der Waals surface area contributed by atoms with Crippen LogP contribution in [-0.4, -0.2) is 45.5 Å². The van der Waals surface area contributed by atoms with Crippen LogP contribution in [0.3, 0.4) is 0 Å². The number of piperidine rings is 1. The molecule has 9 heteroatoms. The SMILES string of the molecule is O=C(Nc1ncc(Cl)cn1)c1cccnc1NCC1CCN(c2ccncc2)CC1. The van der Waals surface area contributed by atoms with Gasteiger partial charge in [0.15, 0.2) is 0 Å². The maximum atomic E-state index is 12.7. The summed E-state index contributed by atoms with van der Waals surface area (Å²) in [7, 11) is 0. The number of pyridine rings is 2. The summed E-state index contributed by atoms with van der Waals surface area (Å²) in [4.78, 5) is 31.5. The standard InChI is InChI=1S/C21H22ClN7O/c22-16-13-26-21(27-14-16)28-20(30)18-2-1-7-24-19(18)25-12-15-5-10-29(11-6-15)17-3-8-23-9-4-17/h1-4,7-9,13-15H,5-6,10-12H2,(H,24,25)(H,26,27,28,30). The molecular weight excluding hydrogens is 402 g/mol. The molecule has 0 spiro atoms. The third-order valence-corrected chi connectivity index (χ3v) is 5.29. The van der Waals surface area contributed by atoms with E-state index in [1.54, 1.807) is 18.3 Å². The van der Waals surface area contributed by atoms with Gasteiger partial charge in [-0.3, -0.25) is 15.1 Å². The lowest BCUT2D eigenvalue weighted by molar-refractivity contribution is 0.102. The van der Waals surface area contributed by atoms with E-state index in [1.807, 2.05) is 24.5 Å². The minimum atomic E-state index is -0.319. The molecule has 0 atom stereocenters. The fourth-order valence-electron chi connectivity index (χ4n) is 3.47. The van der Waals surface area contributed by atoms with E-state index in [2.05, 4.69) is 35.5 Å². The maximum Gasteiger partial charge on any atom is 0.261 e. The number of rotatable bonds is 6. The summed E-state index contributed by atoms with van der Waals surface area (Å²) in [5, 5.41) is 6.44. The highest BCUT2D eigenvalue weighted by Gasteiger charge is 2.20. The molecule has 0 radical (unpaired) electrons. The van der Waals surface area contributed by atoms with Gasteiger partial charge in [0.25, 0.3) is 5.91 Å². The predicted molar refractivity (Wildman–Crippen MR) is 117 cm³/mol. The van der Waals surface area contributed by atoms with E-state index in [0.717, 1.165) is 32.5 Å². The molecule has 4 heterocycles. The minimum Gasteiger partial charge on any atom is -0.371 e. The molecule has 3 aromatic heterocycles. The Balaban J connectivity index is 1.33. The Labute approximate surface area is 179 Å². The van der Waals surface area contributed by atoms with Gasteiger partial charge in [0.05, 0.1) is 23.0 Å². The van der Waals surface area contributed by atoms with Crippen molar-refractivity contribution in [3.63, 3.8) is 0 Å². The molecular formula is C21H22ClN7O. The summed E-state index contributed by atoms with van der Waals surface area (Å²) in [6, 6.07) is 7.55. The lowest BCUT2D eigenvalue weighted by atomic mass is 9.96. The van der Waals surface area contributed by atoms with Gasteiger partial charge < -0.3 is 10.2 Å². The first-order chi connectivity index (χ1) is 14.7. The molecule has 1 amide bonds. The quantitative estimate of drug-likeness (QED) is 0.626.